The third-order valence-electron chi connectivity index (χ3n) is 2.38. The van der Waals surface area contributed by atoms with Crippen LogP contribution in [-0.4, -0.2) is 32.2 Å². The van der Waals surface area contributed by atoms with Crippen LogP contribution < -0.4 is 10.6 Å². The van der Waals surface area contributed by atoms with Gasteiger partial charge in [-0.1, -0.05) is 6.92 Å². The quantitative estimate of drug-likeness (QED) is 0.846. The van der Waals surface area contributed by atoms with Gasteiger partial charge in [0.1, 0.15) is 11.5 Å². The molecule has 0 aliphatic carbocycles. The second-order valence-corrected chi connectivity index (χ2v) is 4.05. The molecule has 2 aromatic heterocycles. The number of hydrogen-bond acceptors (Lipinski definition) is 5. The lowest BCUT2D eigenvalue weighted by molar-refractivity contribution is 0.102. The van der Waals surface area contributed by atoms with Gasteiger partial charge in [-0.05, 0) is 6.42 Å². The first-order chi connectivity index (χ1) is 9.19. The third kappa shape index (κ3) is 3.51. The van der Waals surface area contributed by atoms with Crippen LogP contribution >= 0.6 is 0 Å². The molecule has 1 amide bonds. The van der Waals surface area contributed by atoms with Gasteiger partial charge in [0.15, 0.2) is 5.82 Å². The molecule has 0 spiro atoms. The SMILES string of the molecule is CCCNc1cncc(C(=O)Nc2ccn(C)n2)n1. The van der Waals surface area contributed by atoms with E-state index in [-0.39, 0.29) is 11.6 Å². The Kier molecular flexibility index (Phi) is 4.07. The number of aryl methyl sites for hydroxylation is 1. The van der Waals surface area contributed by atoms with Crippen LogP contribution in [0.4, 0.5) is 11.6 Å². The zero-order valence-corrected chi connectivity index (χ0v) is 10.9. The molecule has 0 saturated carbocycles. The maximum Gasteiger partial charge on any atom is 0.277 e. The highest BCUT2D eigenvalue weighted by molar-refractivity contribution is 6.02. The van der Waals surface area contributed by atoms with Gasteiger partial charge in [-0.15, -0.1) is 0 Å². The number of carbonyl (C=O) groups is 1. The van der Waals surface area contributed by atoms with E-state index in [9.17, 15) is 4.79 Å². The Morgan fingerprint density at radius 1 is 1.37 bits per heavy atom. The second-order valence-electron chi connectivity index (χ2n) is 4.05. The normalized spacial score (nSPS) is 10.2. The first-order valence-electron chi connectivity index (χ1n) is 6.06. The second kappa shape index (κ2) is 5.94. The fourth-order valence-electron chi connectivity index (χ4n) is 1.48. The van der Waals surface area contributed by atoms with E-state index in [0.717, 1.165) is 13.0 Å². The van der Waals surface area contributed by atoms with Gasteiger partial charge in [0, 0.05) is 25.9 Å². The summed E-state index contributed by atoms with van der Waals surface area (Å²) in [5, 5.41) is 9.81. The summed E-state index contributed by atoms with van der Waals surface area (Å²) in [5.41, 5.74) is 0.256. The summed E-state index contributed by atoms with van der Waals surface area (Å²) in [6.45, 7) is 2.85. The molecule has 0 unspecified atom stereocenters. The summed E-state index contributed by atoms with van der Waals surface area (Å²) in [6, 6.07) is 1.71. The van der Waals surface area contributed by atoms with E-state index < -0.39 is 0 Å². The van der Waals surface area contributed by atoms with Crippen molar-refractivity contribution >= 4 is 17.5 Å². The van der Waals surface area contributed by atoms with E-state index in [0.29, 0.717) is 11.6 Å². The molecule has 19 heavy (non-hydrogen) atoms. The molecule has 0 aliphatic heterocycles. The Morgan fingerprint density at radius 2 is 2.21 bits per heavy atom. The number of amides is 1. The number of hydrogen-bond donors (Lipinski definition) is 2. The Morgan fingerprint density at radius 3 is 2.89 bits per heavy atom. The molecule has 2 heterocycles. The van der Waals surface area contributed by atoms with Crippen LogP contribution in [0.1, 0.15) is 23.8 Å². The van der Waals surface area contributed by atoms with Gasteiger partial charge in [0.2, 0.25) is 0 Å². The molecular weight excluding hydrogens is 244 g/mol. The van der Waals surface area contributed by atoms with Crippen LogP contribution in [-0.2, 0) is 7.05 Å². The molecule has 0 saturated heterocycles. The Balaban J connectivity index is 2.06. The summed E-state index contributed by atoms with van der Waals surface area (Å²) in [6.07, 6.45) is 5.75. The summed E-state index contributed by atoms with van der Waals surface area (Å²) >= 11 is 0. The van der Waals surface area contributed by atoms with Crippen LogP contribution in [0.25, 0.3) is 0 Å². The fourth-order valence-corrected chi connectivity index (χ4v) is 1.48. The van der Waals surface area contributed by atoms with Crippen molar-refractivity contribution in [3.63, 3.8) is 0 Å². The summed E-state index contributed by atoms with van der Waals surface area (Å²) in [7, 11) is 1.78. The van der Waals surface area contributed by atoms with Crippen molar-refractivity contribution in [2.45, 2.75) is 13.3 Å². The van der Waals surface area contributed by atoms with E-state index in [2.05, 4.69) is 32.6 Å². The van der Waals surface area contributed by atoms with Crippen molar-refractivity contribution in [1.82, 2.24) is 19.7 Å². The minimum Gasteiger partial charge on any atom is -0.369 e. The molecule has 2 N–H and O–H groups in total. The van der Waals surface area contributed by atoms with Gasteiger partial charge in [0.05, 0.1) is 12.4 Å². The molecule has 2 rings (SSSR count). The topological polar surface area (TPSA) is 84.7 Å². The Labute approximate surface area is 111 Å². The van der Waals surface area contributed by atoms with Crippen molar-refractivity contribution in [3.05, 3.63) is 30.4 Å². The average Bonchev–Trinajstić information content (AvgIpc) is 2.82. The predicted octanol–water partition coefficient (Wildman–Crippen LogP) is 1.28. The van der Waals surface area contributed by atoms with Crippen molar-refractivity contribution in [2.75, 3.05) is 17.2 Å². The predicted molar refractivity (Wildman–Crippen MR) is 72.0 cm³/mol. The van der Waals surface area contributed by atoms with E-state index in [1.807, 2.05) is 0 Å². The van der Waals surface area contributed by atoms with Crippen molar-refractivity contribution in [3.8, 4) is 0 Å². The lowest BCUT2D eigenvalue weighted by Crippen LogP contribution is -2.15. The molecule has 2 aromatic rings. The van der Waals surface area contributed by atoms with Gasteiger partial charge in [-0.2, -0.15) is 5.10 Å². The van der Waals surface area contributed by atoms with Crippen LogP contribution in [0.5, 0.6) is 0 Å². The standard InChI is InChI=1S/C12H16N6O/c1-3-5-14-11-8-13-7-9(15-11)12(19)16-10-4-6-18(2)17-10/h4,6-8H,3,5H2,1-2H3,(H,14,15)(H,16,17,19). The maximum atomic E-state index is 12.0. The largest absolute Gasteiger partial charge is 0.369 e. The number of aromatic nitrogens is 4. The number of nitrogens with zero attached hydrogens (tertiary/aromatic N) is 4. The number of nitrogens with one attached hydrogen (secondary N) is 2. The highest BCUT2D eigenvalue weighted by Crippen LogP contribution is 2.06. The van der Waals surface area contributed by atoms with Crippen molar-refractivity contribution in [2.24, 2.45) is 7.05 Å². The van der Waals surface area contributed by atoms with Gasteiger partial charge in [0.25, 0.3) is 5.91 Å². The minimum atomic E-state index is -0.327. The van der Waals surface area contributed by atoms with Crippen molar-refractivity contribution in [1.29, 1.82) is 0 Å². The summed E-state index contributed by atoms with van der Waals surface area (Å²) in [4.78, 5) is 20.1. The van der Waals surface area contributed by atoms with Gasteiger partial charge >= 0.3 is 0 Å². The lowest BCUT2D eigenvalue weighted by Gasteiger charge is -2.05. The van der Waals surface area contributed by atoms with E-state index in [4.69, 9.17) is 0 Å². The molecule has 100 valence electrons. The molecule has 0 aliphatic rings. The monoisotopic (exact) mass is 260 g/mol. The minimum absolute atomic E-state index is 0.256. The van der Waals surface area contributed by atoms with E-state index in [1.165, 1.54) is 6.20 Å². The van der Waals surface area contributed by atoms with Crippen molar-refractivity contribution < 1.29 is 4.79 Å². The van der Waals surface area contributed by atoms with E-state index in [1.54, 1.807) is 30.2 Å². The number of anilines is 2. The smallest absolute Gasteiger partial charge is 0.277 e. The zero-order valence-electron chi connectivity index (χ0n) is 10.9. The Bertz CT molecular complexity index is 565. The first kappa shape index (κ1) is 13.0. The lowest BCUT2D eigenvalue weighted by atomic mass is 10.4. The van der Waals surface area contributed by atoms with Gasteiger partial charge < -0.3 is 10.6 Å². The molecule has 0 atom stereocenters. The van der Waals surface area contributed by atoms with Crippen LogP contribution in [0, 0.1) is 0 Å². The average molecular weight is 260 g/mol. The highest BCUT2D eigenvalue weighted by Gasteiger charge is 2.10. The van der Waals surface area contributed by atoms with Gasteiger partial charge in [-0.25, -0.2) is 4.98 Å². The number of carbonyl (C=O) groups excluding carboxylic acids is 1. The summed E-state index contributed by atoms with van der Waals surface area (Å²) < 4.78 is 1.61. The van der Waals surface area contributed by atoms with Crippen LogP contribution in [0.15, 0.2) is 24.7 Å². The molecule has 0 radical (unpaired) electrons. The number of rotatable bonds is 5. The molecule has 0 fully saturated rings. The highest BCUT2D eigenvalue weighted by atomic mass is 16.2. The Hall–Kier alpha value is -2.44. The molecule has 7 heteroatoms. The third-order valence-corrected chi connectivity index (χ3v) is 2.38. The molecule has 0 bridgehead atoms. The molecule has 0 aromatic carbocycles. The first-order valence-corrected chi connectivity index (χ1v) is 6.06. The summed E-state index contributed by atoms with van der Waals surface area (Å²) in [5.74, 6) is 0.753. The van der Waals surface area contributed by atoms with E-state index >= 15 is 0 Å². The molecular formula is C12H16N6O. The zero-order chi connectivity index (χ0) is 13.7. The fraction of sp³-hybridized carbons (Fsp3) is 0.333. The maximum absolute atomic E-state index is 12.0. The van der Waals surface area contributed by atoms with Crippen LogP contribution in [0.3, 0.4) is 0 Å². The molecule has 7 nitrogen and oxygen atoms in total. The van der Waals surface area contributed by atoms with Crippen LogP contribution in [0.2, 0.25) is 0 Å². The van der Waals surface area contributed by atoms with Gasteiger partial charge in [-0.3, -0.25) is 14.5 Å².